The number of ether oxygens (including phenoxy) is 1. The molecule has 8 heteroatoms. The van der Waals surface area contributed by atoms with Crippen LogP contribution in [0.2, 0.25) is 0 Å². The number of rotatable bonds is 9. The molecule has 1 aromatic heterocycles. The predicted molar refractivity (Wildman–Crippen MR) is 151 cm³/mol. The van der Waals surface area contributed by atoms with Gasteiger partial charge in [-0.05, 0) is 56.7 Å². The van der Waals surface area contributed by atoms with Crippen molar-refractivity contribution in [2.24, 2.45) is 0 Å². The average Bonchev–Trinajstić information content (AvgIpc) is 2.89. The quantitative estimate of drug-likeness (QED) is 0.393. The molecule has 1 amide bonds. The summed E-state index contributed by atoms with van der Waals surface area (Å²) >= 11 is 0. The number of nitrogens with one attached hydrogen (secondary N) is 2. The second kappa shape index (κ2) is 12.7. The van der Waals surface area contributed by atoms with Crippen molar-refractivity contribution in [3.05, 3.63) is 82.9 Å². The van der Waals surface area contributed by atoms with Crippen molar-refractivity contribution in [3.8, 4) is 11.1 Å². The van der Waals surface area contributed by atoms with E-state index in [0.29, 0.717) is 25.3 Å². The number of likely N-dealkylation sites (tertiary alicyclic amines) is 1. The van der Waals surface area contributed by atoms with Crippen molar-refractivity contribution in [1.29, 1.82) is 0 Å². The number of hydrogen-bond acceptors (Lipinski definition) is 6. The molecule has 1 fully saturated rings. The van der Waals surface area contributed by atoms with E-state index in [1.807, 2.05) is 26.8 Å². The molecule has 1 aliphatic rings. The Bertz CT molecular complexity index is 1230. The van der Waals surface area contributed by atoms with E-state index in [1.54, 1.807) is 17.0 Å². The second-order valence-corrected chi connectivity index (χ2v) is 10.8. The van der Waals surface area contributed by atoms with E-state index in [1.165, 1.54) is 16.7 Å². The maximum absolute atomic E-state index is 12.9. The highest BCUT2D eigenvalue weighted by atomic mass is 16.6. The summed E-state index contributed by atoms with van der Waals surface area (Å²) in [5, 5.41) is 6.10. The lowest BCUT2D eigenvalue weighted by Crippen LogP contribution is -2.40. The van der Waals surface area contributed by atoms with Gasteiger partial charge in [-0.15, -0.1) is 0 Å². The first-order valence-corrected chi connectivity index (χ1v) is 13.4. The second-order valence-electron chi connectivity index (χ2n) is 10.8. The van der Waals surface area contributed by atoms with E-state index >= 15 is 0 Å². The van der Waals surface area contributed by atoms with Crippen LogP contribution in [0.3, 0.4) is 0 Å². The first-order chi connectivity index (χ1) is 18.3. The van der Waals surface area contributed by atoms with Crippen molar-refractivity contribution >= 4 is 11.9 Å². The monoisotopic (exact) mass is 517 g/mol. The van der Waals surface area contributed by atoms with Crippen molar-refractivity contribution in [3.63, 3.8) is 0 Å². The molecule has 2 N–H and O–H groups in total. The van der Waals surface area contributed by atoms with Gasteiger partial charge in [0, 0.05) is 51.2 Å². The normalized spacial score (nSPS) is 14.7. The highest BCUT2D eigenvalue weighted by molar-refractivity contribution is 5.67. The molecule has 0 atom stereocenters. The summed E-state index contributed by atoms with van der Waals surface area (Å²) < 4.78 is 6.88. The maximum Gasteiger partial charge on any atom is 0.407 e. The fourth-order valence-corrected chi connectivity index (χ4v) is 4.60. The predicted octanol–water partition coefficient (Wildman–Crippen LogP) is 4.90. The summed E-state index contributed by atoms with van der Waals surface area (Å²) in [6.07, 6.45) is 5.42. The molecule has 1 saturated heterocycles. The standard InChI is InChI=1S/C30H39N5O3/c1-30(2,3)38-29(37)32-16-7-18-35-21-17-31-27(28(35)36)33-26-14-19-34(20-15-26)22-23-10-12-25(13-11-23)24-8-5-4-6-9-24/h4-6,8-13,17,21,26H,7,14-16,18-20,22H2,1-3H3,(H,31,33)(H,32,37). The Morgan fingerprint density at radius 1 is 1.03 bits per heavy atom. The molecule has 0 spiro atoms. The Balaban J connectivity index is 1.21. The van der Waals surface area contributed by atoms with Crippen LogP contribution in [0, 0.1) is 0 Å². The molecule has 38 heavy (non-hydrogen) atoms. The van der Waals surface area contributed by atoms with E-state index < -0.39 is 11.7 Å². The van der Waals surface area contributed by atoms with Crippen molar-refractivity contribution < 1.29 is 9.53 Å². The molecule has 3 aromatic rings. The van der Waals surface area contributed by atoms with Gasteiger partial charge in [0.25, 0.3) is 5.56 Å². The fourth-order valence-electron chi connectivity index (χ4n) is 4.60. The highest BCUT2D eigenvalue weighted by Gasteiger charge is 2.21. The first kappa shape index (κ1) is 27.4. The molecular weight excluding hydrogens is 478 g/mol. The fraction of sp³-hybridized carbons (Fsp3) is 0.433. The van der Waals surface area contributed by atoms with Gasteiger partial charge in [-0.2, -0.15) is 0 Å². The van der Waals surface area contributed by atoms with Crippen LogP contribution in [-0.4, -0.2) is 51.8 Å². The van der Waals surface area contributed by atoms with Crippen molar-refractivity contribution in [2.75, 3.05) is 25.0 Å². The SMILES string of the molecule is CC(C)(C)OC(=O)NCCCn1ccnc(NC2CCN(Cc3ccc(-c4ccccc4)cc3)CC2)c1=O. The van der Waals surface area contributed by atoms with Crippen LogP contribution >= 0.6 is 0 Å². The van der Waals surface area contributed by atoms with E-state index in [-0.39, 0.29) is 11.6 Å². The Hall–Kier alpha value is -3.65. The van der Waals surface area contributed by atoms with Crippen LogP contribution in [0.4, 0.5) is 10.6 Å². The molecule has 2 aromatic carbocycles. The lowest BCUT2D eigenvalue weighted by atomic mass is 10.0. The molecule has 1 aliphatic heterocycles. The molecule has 0 unspecified atom stereocenters. The molecule has 202 valence electrons. The number of hydrogen-bond donors (Lipinski definition) is 2. The van der Waals surface area contributed by atoms with Crippen LogP contribution in [0.1, 0.15) is 45.6 Å². The number of aromatic nitrogens is 2. The van der Waals surface area contributed by atoms with Crippen LogP contribution in [0.5, 0.6) is 0 Å². The summed E-state index contributed by atoms with van der Waals surface area (Å²) in [4.78, 5) is 31.5. The molecule has 0 bridgehead atoms. The number of amides is 1. The third-order valence-electron chi connectivity index (χ3n) is 6.55. The maximum atomic E-state index is 12.9. The van der Waals surface area contributed by atoms with Gasteiger partial charge in [-0.25, -0.2) is 9.78 Å². The molecule has 0 aliphatic carbocycles. The zero-order valence-electron chi connectivity index (χ0n) is 22.7. The minimum atomic E-state index is -0.531. The van der Waals surface area contributed by atoms with Crippen LogP contribution in [-0.2, 0) is 17.8 Å². The van der Waals surface area contributed by atoms with Crippen molar-refractivity contribution in [2.45, 2.75) is 64.8 Å². The van der Waals surface area contributed by atoms with Gasteiger partial charge < -0.3 is 19.9 Å². The zero-order chi connectivity index (χ0) is 27.0. The smallest absolute Gasteiger partial charge is 0.407 e. The van der Waals surface area contributed by atoms with E-state index in [4.69, 9.17) is 4.74 Å². The van der Waals surface area contributed by atoms with Crippen LogP contribution in [0.25, 0.3) is 11.1 Å². The zero-order valence-corrected chi connectivity index (χ0v) is 22.7. The van der Waals surface area contributed by atoms with E-state index in [0.717, 1.165) is 32.5 Å². The first-order valence-electron chi connectivity index (χ1n) is 13.4. The van der Waals surface area contributed by atoms with Gasteiger partial charge in [0.2, 0.25) is 0 Å². The number of alkyl carbamates (subject to hydrolysis) is 1. The molecule has 4 rings (SSSR count). The van der Waals surface area contributed by atoms with Gasteiger partial charge in [0.05, 0.1) is 0 Å². The average molecular weight is 518 g/mol. The summed E-state index contributed by atoms with van der Waals surface area (Å²) in [5.41, 5.74) is 3.11. The Morgan fingerprint density at radius 3 is 2.39 bits per heavy atom. The summed E-state index contributed by atoms with van der Waals surface area (Å²) in [7, 11) is 0. The molecule has 2 heterocycles. The highest BCUT2D eigenvalue weighted by Crippen LogP contribution is 2.21. The lowest BCUT2D eigenvalue weighted by molar-refractivity contribution is 0.0526. The third kappa shape index (κ3) is 8.18. The van der Waals surface area contributed by atoms with Crippen LogP contribution < -0.4 is 16.2 Å². The lowest BCUT2D eigenvalue weighted by Gasteiger charge is -2.32. The van der Waals surface area contributed by atoms with Gasteiger partial charge in [-0.3, -0.25) is 9.69 Å². The Morgan fingerprint density at radius 2 is 1.71 bits per heavy atom. The molecule has 8 nitrogen and oxygen atoms in total. The minimum Gasteiger partial charge on any atom is -0.444 e. The largest absolute Gasteiger partial charge is 0.444 e. The number of carbonyl (C=O) groups is 1. The van der Waals surface area contributed by atoms with E-state index in [9.17, 15) is 9.59 Å². The Kier molecular flexibility index (Phi) is 9.18. The topological polar surface area (TPSA) is 88.5 Å². The van der Waals surface area contributed by atoms with Gasteiger partial charge in [-0.1, -0.05) is 54.6 Å². The number of benzene rings is 2. The van der Waals surface area contributed by atoms with Gasteiger partial charge in [0.1, 0.15) is 5.60 Å². The number of aryl methyl sites for hydroxylation is 1. The van der Waals surface area contributed by atoms with Gasteiger partial charge >= 0.3 is 6.09 Å². The number of carbonyl (C=O) groups excluding carboxylic acids is 1. The third-order valence-corrected chi connectivity index (χ3v) is 6.55. The number of nitrogens with zero attached hydrogens (tertiary/aromatic N) is 3. The van der Waals surface area contributed by atoms with Crippen LogP contribution in [0.15, 0.2) is 71.8 Å². The summed E-state index contributed by atoms with van der Waals surface area (Å²) in [5.74, 6) is 0.391. The molecule has 0 saturated carbocycles. The number of piperidine rings is 1. The van der Waals surface area contributed by atoms with Gasteiger partial charge in [0.15, 0.2) is 5.82 Å². The number of anilines is 1. The van der Waals surface area contributed by atoms with E-state index in [2.05, 4.69) is 69.0 Å². The summed E-state index contributed by atoms with van der Waals surface area (Å²) in [6.45, 7) is 9.26. The van der Waals surface area contributed by atoms with Crippen molar-refractivity contribution in [1.82, 2.24) is 19.8 Å². The molecule has 0 radical (unpaired) electrons. The minimum absolute atomic E-state index is 0.134. The summed E-state index contributed by atoms with van der Waals surface area (Å²) in [6, 6.07) is 19.5. The Labute approximate surface area is 225 Å². The molecular formula is C30H39N5O3.